The van der Waals surface area contributed by atoms with Gasteiger partial charge in [-0.25, -0.2) is 0 Å². The van der Waals surface area contributed by atoms with Crippen molar-refractivity contribution in [3.8, 4) is 12.3 Å². The van der Waals surface area contributed by atoms with Gasteiger partial charge in [-0.15, -0.1) is 29.1 Å². The van der Waals surface area contributed by atoms with Gasteiger partial charge in [0, 0.05) is 9.75 Å². The van der Waals surface area contributed by atoms with Crippen molar-refractivity contribution in [1.82, 2.24) is 0 Å². The molecule has 0 aliphatic heterocycles. The summed E-state index contributed by atoms with van der Waals surface area (Å²) in [5.41, 5.74) is 0. The van der Waals surface area contributed by atoms with Crippen LogP contribution in [0.3, 0.4) is 0 Å². The lowest BCUT2D eigenvalue weighted by Gasteiger charge is -2.04. The fourth-order valence-electron chi connectivity index (χ4n) is 1.22. The average Bonchev–Trinajstić information content (AvgIpc) is 2.76. The maximum absolute atomic E-state index is 5.52. The minimum atomic E-state index is 0.153. The zero-order chi connectivity index (χ0) is 9.10. The van der Waals surface area contributed by atoms with E-state index in [0.717, 1.165) is 0 Å². The highest BCUT2D eigenvalue weighted by molar-refractivity contribution is 7.11. The zero-order valence-corrected chi connectivity index (χ0v) is 8.57. The van der Waals surface area contributed by atoms with Crippen molar-refractivity contribution in [1.29, 1.82) is 0 Å². The van der Waals surface area contributed by atoms with Crippen LogP contribution in [0.4, 0.5) is 0 Å². The molecule has 0 radical (unpaired) electrons. The summed E-state index contributed by atoms with van der Waals surface area (Å²) in [7, 11) is 0. The van der Waals surface area contributed by atoms with Crippen LogP contribution < -0.4 is 0 Å². The van der Waals surface area contributed by atoms with Crippen molar-refractivity contribution in [2.75, 3.05) is 0 Å². The summed E-state index contributed by atoms with van der Waals surface area (Å²) in [4.78, 5) is 2.51. The first-order chi connectivity index (χ1) is 6.42. The molecule has 0 bridgehead atoms. The third kappa shape index (κ3) is 1.67. The van der Waals surface area contributed by atoms with E-state index in [2.05, 4.69) is 28.8 Å². The Morgan fingerprint density at radius 1 is 1.08 bits per heavy atom. The first-order valence-electron chi connectivity index (χ1n) is 3.95. The molecule has 2 rings (SSSR count). The number of hydrogen-bond acceptors (Lipinski definition) is 2. The molecule has 0 saturated heterocycles. The van der Waals surface area contributed by atoms with E-state index in [-0.39, 0.29) is 5.92 Å². The molecule has 0 aliphatic rings. The molecule has 0 fully saturated rings. The molecule has 0 atom stereocenters. The van der Waals surface area contributed by atoms with Gasteiger partial charge in [0.15, 0.2) is 0 Å². The van der Waals surface area contributed by atoms with Gasteiger partial charge in [-0.1, -0.05) is 18.1 Å². The smallest absolute Gasteiger partial charge is 0.0885 e. The van der Waals surface area contributed by atoms with Crippen LogP contribution in [0.1, 0.15) is 15.7 Å². The molecule has 0 aromatic carbocycles. The summed E-state index contributed by atoms with van der Waals surface area (Å²) in [5, 5.41) is 4.13. The molecular weight excluding hydrogens is 196 g/mol. The Bertz CT molecular complexity index is 355. The van der Waals surface area contributed by atoms with E-state index >= 15 is 0 Å². The number of terminal acetylenes is 1. The van der Waals surface area contributed by atoms with Crippen LogP contribution in [0.15, 0.2) is 35.0 Å². The third-order valence-corrected chi connectivity index (χ3v) is 3.70. The highest BCUT2D eigenvalue weighted by Gasteiger charge is 2.12. The molecule has 2 aromatic rings. The van der Waals surface area contributed by atoms with Crippen molar-refractivity contribution >= 4 is 22.7 Å². The molecule has 2 heterocycles. The van der Waals surface area contributed by atoms with Gasteiger partial charge in [-0.2, -0.15) is 0 Å². The van der Waals surface area contributed by atoms with Crippen LogP contribution in [0.5, 0.6) is 0 Å². The van der Waals surface area contributed by atoms with Gasteiger partial charge in [-0.05, 0) is 22.9 Å². The lowest BCUT2D eigenvalue weighted by atomic mass is 10.1. The first kappa shape index (κ1) is 8.55. The summed E-state index contributed by atoms with van der Waals surface area (Å²) in [6, 6.07) is 8.26. The Labute approximate surface area is 85.9 Å². The topological polar surface area (TPSA) is 0 Å². The maximum atomic E-state index is 5.52. The quantitative estimate of drug-likeness (QED) is 0.656. The van der Waals surface area contributed by atoms with Crippen molar-refractivity contribution < 1.29 is 0 Å². The highest BCUT2D eigenvalue weighted by atomic mass is 32.1. The Morgan fingerprint density at radius 2 is 1.62 bits per heavy atom. The predicted octanol–water partition coefficient (Wildman–Crippen LogP) is 3.57. The fraction of sp³-hybridized carbons (Fsp3) is 0.0909. The first-order valence-corrected chi connectivity index (χ1v) is 5.70. The van der Waals surface area contributed by atoms with E-state index in [1.165, 1.54) is 9.75 Å². The van der Waals surface area contributed by atoms with Gasteiger partial charge >= 0.3 is 0 Å². The Hall–Kier alpha value is -1.04. The average molecular weight is 204 g/mol. The van der Waals surface area contributed by atoms with Gasteiger partial charge in [-0.3, -0.25) is 0 Å². The third-order valence-electron chi connectivity index (χ3n) is 1.82. The van der Waals surface area contributed by atoms with E-state index < -0.39 is 0 Å². The van der Waals surface area contributed by atoms with Gasteiger partial charge in [0.2, 0.25) is 0 Å². The van der Waals surface area contributed by atoms with Gasteiger partial charge in [0.25, 0.3) is 0 Å². The van der Waals surface area contributed by atoms with E-state index in [4.69, 9.17) is 6.42 Å². The number of hydrogen-bond donors (Lipinski definition) is 0. The zero-order valence-electron chi connectivity index (χ0n) is 6.94. The summed E-state index contributed by atoms with van der Waals surface area (Å²) in [5.74, 6) is 2.98. The van der Waals surface area contributed by atoms with Crippen LogP contribution in [0.2, 0.25) is 0 Å². The highest BCUT2D eigenvalue weighted by Crippen LogP contribution is 2.30. The predicted molar refractivity (Wildman–Crippen MR) is 59.3 cm³/mol. The van der Waals surface area contributed by atoms with Crippen molar-refractivity contribution in [3.63, 3.8) is 0 Å². The molecule has 2 aromatic heterocycles. The molecule has 0 N–H and O–H groups in total. The summed E-state index contributed by atoms with van der Waals surface area (Å²) in [6.45, 7) is 0. The Balaban J connectivity index is 2.36. The van der Waals surface area contributed by atoms with Crippen molar-refractivity contribution in [3.05, 3.63) is 44.8 Å². The monoisotopic (exact) mass is 204 g/mol. The molecule has 0 nitrogen and oxygen atoms in total. The van der Waals surface area contributed by atoms with Gasteiger partial charge in [0.1, 0.15) is 0 Å². The summed E-state index contributed by atoms with van der Waals surface area (Å²) < 4.78 is 0. The van der Waals surface area contributed by atoms with E-state index in [0.29, 0.717) is 0 Å². The van der Waals surface area contributed by atoms with Crippen LogP contribution in [-0.4, -0.2) is 0 Å². The molecule has 0 unspecified atom stereocenters. The number of thiophene rings is 2. The lowest BCUT2D eigenvalue weighted by molar-refractivity contribution is 1.15. The second-order valence-corrected chi connectivity index (χ2v) is 4.59. The molecule has 2 heteroatoms. The van der Waals surface area contributed by atoms with Crippen LogP contribution in [-0.2, 0) is 0 Å². The summed E-state index contributed by atoms with van der Waals surface area (Å²) >= 11 is 3.44. The van der Waals surface area contributed by atoms with Crippen molar-refractivity contribution in [2.24, 2.45) is 0 Å². The Kier molecular flexibility index (Phi) is 2.49. The standard InChI is InChI=1S/C11H8S2/c1-2-9(10-5-3-7-12-10)11-6-4-8-13-11/h1,3-9H. The minimum Gasteiger partial charge on any atom is -0.147 e. The Morgan fingerprint density at radius 3 is 1.92 bits per heavy atom. The van der Waals surface area contributed by atoms with Gasteiger partial charge < -0.3 is 0 Å². The fourth-order valence-corrected chi connectivity index (χ4v) is 2.90. The molecule has 0 saturated carbocycles. The largest absolute Gasteiger partial charge is 0.147 e. The maximum Gasteiger partial charge on any atom is 0.0885 e. The van der Waals surface area contributed by atoms with Crippen LogP contribution >= 0.6 is 22.7 Å². The SMILES string of the molecule is C#CC(c1cccs1)c1cccs1. The van der Waals surface area contributed by atoms with E-state index in [1.54, 1.807) is 22.7 Å². The minimum absolute atomic E-state index is 0.153. The van der Waals surface area contributed by atoms with E-state index in [1.807, 2.05) is 12.1 Å². The second-order valence-electron chi connectivity index (χ2n) is 2.63. The molecule has 13 heavy (non-hydrogen) atoms. The molecule has 64 valence electrons. The molecule has 0 aliphatic carbocycles. The second kappa shape index (κ2) is 3.78. The van der Waals surface area contributed by atoms with E-state index in [9.17, 15) is 0 Å². The molecule has 0 amide bonds. The van der Waals surface area contributed by atoms with Crippen LogP contribution in [0.25, 0.3) is 0 Å². The number of rotatable bonds is 2. The van der Waals surface area contributed by atoms with Gasteiger partial charge in [0.05, 0.1) is 5.92 Å². The molecular formula is C11H8S2. The lowest BCUT2D eigenvalue weighted by Crippen LogP contribution is -1.90. The van der Waals surface area contributed by atoms with Crippen LogP contribution in [0, 0.1) is 12.3 Å². The summed E-state index contributed by atoms with van der Waals surface area (Å²) in [6.07, 6.45) is 5.52. The van der Waals surface area contributed by atoms with Crippen molar-refractivity contribution in [2.45, 2.75) is 5.92 Å². The normalized spacial score (nSPS) is 10.2. The molecule has 0 spiro atoms.